The third-order valence-corrected chi connectivity index (χ3v) is 8.29. The lowest BCUT2D eigenvalue weighted by Crippen LogP contribution is -2.35. The van der Waals surface area contributed by atoms with Gasteiger partial charge in [0.15, 0.2) is 0 Å². The topological polar surface area (TPSA) is 92.8 Å². The predicted molar refractivity (Wildman–Crippen MR) is 143 cm³/mol. The molecule has 3 aromatic rings. The van der Waals surface area contributed by atoms with E-state index in [9.17, 15) is 18.0 Å². The van der Waals surface area contributed by atoms with Gasteiger partial charge in [0.1, 0.15) is 5.60 Å². The van der Waals surface area contributed by atoms with Crippen LogP contribution >= 0.6 is 23.4 Å². The zero-order chi connectivity index (χ0) is 26.1. The standard InChI is InChI=1S/C26H25ClN2O5S2/c1-26(2,3)34-25(31)17-7-10-20(11-8-17)28-24(30)18-9-12-23-22(15-18)29(13-14-35-23)36(32,33)21-6-4-5-19(27)16-21/h4-12,15-16H,13-14H2,1-3H3,(H,28,30). The number of carbonyl (C=O) groups excluding carboxylic acids is 2. The van der Waals surface area contributed by atoms with Crippen molar-refractivity contribution in [2.45, 2.75) is 36.2 Å². The quantitative estimate of drug-likeness (QED) is 0.405. The first-order valence-electron chi connectivity index (χ1n) is 11.1. The van der Waals surface area contributed by atoms with E-state index in [1.54, 1.807) is 75.4 Å². The summed E-state index contributed by atoms with van der Waals surface area (Å²) < 4.78 is 33.4. The lowest BCUT2D eigenvalue weighted by atomic mass is 10.1. The van der Waals surface area contributed by atoms with E-state index in [2.05, 4.69) is 5.32 Å². The van der Waals surface area contributed by atoms with Gasteiger partial charge in [0.25, 0.3) is 15.9 Å². The van der Waals surface area contributed by atoms with Crippen molar-refractivity contribution in [3.05, 3.63) is 82.9 Å². The molecule has 1 aliphatic heterocycles. The number of fused-ring (bicyclic) bond motifs is 1. The van der Waals surface area contributed by atoms with Gasteiger partial charge in [-0.05, 0) is 81.4 Å². The van der Waals surface area contributed by atoms with Crippen LogP contribution in [0.5, 0.6) is 0 Å². The molecular formula is C26H25ClN2O5S2. The van der Waals surface area contributed by atoms with Crippen molar-refractivity contribution in [1.29, 1.82) is 0 Å². The summed E-state index contributed by atoms with van der Waals surface area (Å²) in [5.74, 6) is -0.269. The normalized spacial score (nSPS) is 13.6. The number of amides is 1. The van der Waals surface area contributed by atoms with Crippen LogP contribution in [0, 0.1) is 0 Å². The number of anilines is 2. The highest BCUT2D eigenvalue weighted by Gasteiger charge is 2.30. The average molecular weight is 545 g/mol. The summed E-state index contributed by atoms with van der Waals surface area (Å²) in [6, 6.07) is 17.5. The Hall–Kier alpha value is -3.01. The monoisotopic (exact) mass is 544 g/mol. The SMILES string of the molecule is CC(C)(C)OC(=O)c1ccc(NC(=O)c2ccc3c(c2)N(S(=O)(=O)c2cccc(Cl)c2)CCS3)cc1. The molecule has 0 saturated heterocycles. The Morgan fingerprint density at radius 2 is 1.69 bits per heavy atom. The summed E-state index contributed by atoms with van der Waals surface area (Å²) in [7, 11) is -3.87. The Kier molecular flexibility index (Phi) is 7.36. The number of benzene rings is 3. The van der Waals surface area contributed by atoms with Gasteiger partial charge in [-0.2, -0.15) is 0 Å². The number of esters is 1. The molecule has 1 amide bonds. The Bertz CT molecular complexity index is 1420. The molecule has 0 aromatic heterocycles. The number of ether oxygens (including phenoxy) is 1. The van der Waals surface area contributed by atoms with Gasteiger partial charge >= 0.3 is 5.97 Å². The van der Waals surface area contributed by atoms with Gasteiger partial charge < -0.3 is 10.1 Å². The van der Waals surface area contributed by atoms with Crippen LogP contribution in [-0.2, 0) is 14.8 Å². The minimum atomic E-state index is -3.87. The molecule has 3 aromatic carbocycles. The van der Waals surface area contributed by atoms with Crippen molar-refractivity contribution >= 4 is 56.6 Å². The highest BCUT2D eigenvalue weighted by molar-refractivity contribution is 8.00. The third kappa shape index (κ3) is 5.86. The number of thioether (sulfide) groups is 1. The molecule has 0 unspecified atom stereocenters. The highest BCUT2D eigenvalue weighted by atomic mass is 35.5. The number of rotatable bonds is 5. The Balaban J connectivity index is 1.56. The van der Waals surface area contributed by atoms with Crippen molar-refractivity contribution < 1.29 is 22.7 Å². The molecule has 7 nitrogen and oxygen atoms in total. The molecule has 0 atom stereocenters. The number of hydrogen-bond donors (Lipinski definition) is 1. The number of sulfonamides is 1. The summed E-state index contributed by atoms with van der Waals surface area (Å²) in [6.07, 6.45) is 0. The summed E-state index contributed by atoms with van der Waals surface area (Å²) >= 11 is 7.56. The van der Waals surface area contributed by atoms with Crippen LogP contribution in [0.3, 0.4) is 0 Å². The minimum absolute atomic E-state index is 0.0905. The fourth-order valence-corrected chi connectivity index (χ4v) is 6.49. The van der Waals surface area contributed by atoms with Gasteiger partial charge in [-0.1, -0.05) is 17.7 Å². The summed E-state index contributed by atoms with van der Waals surface area (Å²) in [4.78, 5) is 26.1. The van der Waals surface area contributed by atoms with Gasteiger partial charge in [0, 0.05) is 33.5 Å². The van der Waals surface area contributed by atoms with E-state index < -0.39 is 27.5 Å². The van der Waals surface area contributed by atoms with Gasteiger partial charge in [-0.25, -0.2) is 13.2 Å². The maximum atomic E-state index is 13.4. The lowest BCUT2D eigenvalue weighted by Gasteiger charge is -2.30. The zero-order valence-corrected chi connectivity index (χ0v) is 22.3. The van der Waals surface area contributed by atoms with Crippen LogP contribution in [0.1, 0.15) is 41.5 Å². The second-order valence-corrected chi connectivity index (χ2v) is 12.5. The van der Waals surface area contributed by atoms with Crippen LogP contribution < -0.4 is 9.62 Å². The number of carbonyl (C=O) groups is 2. The maximum absolute atomic E-state index is 13.4. The molecule has 36 heavy (non-hydrogen) atoms. The number of hydrogen-bond acceptors (Lipinski definition) is 6. The Labute approximate surface area is 219 Å². The number of halogens is 1. The van der Waals surface area contributed by atoms with Crippen molar-refractivity contribution in [2.75, 3.05) is 21.9 Å². The average Bonchev–Trinajstić information content (AvgIpc) is 2.82. The van der Waals surface area contributed by atoms with Crippen molar-refractivity contribution in [3.63, 3.8) is 0 Å². The van der Waals surface area contributed by atoms with E-state index in [-0.39, 0.29) is 11.4 Å². The van der Waals surface area contributed by atoms with E-state index in [0.717, 1.165) is 4.90 Å². The zero-order valence-electron chi connectivity index (χ0n) is 19.9. The van der Waals surface area contributed by atoms with E-state index in [1.807, 2.05) is 0 Å². The van der Waals surface area contributed by atoms with Gasteiger partial charge in [-0.3, -0.25) is 9.10 Å². The molecule has 0 spiro atoms. The molecule has 4 rings (SSSR count). The second-order valence-electron chi connectivity index (χ2n) is 9.10. The van der Waals surface area contributed by atoms with Crippen molar-refractivity contribution in [2.24, 2.45) is 0 Å². The number of nitrogens with zero attached hydrogens (tertiary/aromatic N) is 1. The lowest BCUT2D eigenvalue weighted by molar-refractivity contribution is 0.00694. The van der Waals surface area contributed by atoms with Gasteiger partial charge in [0.2, 0.25) is 0 Å². The second kappa shape index (κ2) is 10.2. The Morgan fingerprint density at radius 1 is 1.00 bits per heavy atom. The summed E-state index contributed by atoms with van der Waals surface area (Å²) in [5.41, 5.74) is 0.999. The minimum Gasteiger partial charge on any atom is -0.456 e. The van der Waals surface area contributed by atoms with Crippen LogP contribution in [0.25, 0.3) is 0 Å². The fraction of sp³-hybridized carbons (Fsp3) is 0.231. The molecule has 0 bridgehead atoms. The van der Waals surface area contributed by atoms with Crippen LogP contribution in [0.4, 0.5) is 11.4 Å². The van der Waals surface area contributed by atoms with Gasteiger partial charge in [0.05, 0.1) is 16.1 Å². The molecule has 188 valence electrons. The molecule has 0 saturated carbocycles. The molecular weight excluding hydrogens is 520 g/mol. The van der Waals surface area contributed by atoms with Gasteiger partial charge in [-0.15, -0.1) is 11.8 Å². The van der Waals surface area contributed by atoms with E-state index >= 15 is 0 Å². The molecule has 1 N–H and O–H groups in total. The smallest absolute Gasteiger partial charge is 0.338 e. The first kappa shape index (κ1) is 26.1. The molecule has 0 aliphatic carbocycles. The first-order chi connectivity index (χ1) is 16.9. The first-order valence-corrected chi connectivity index (χ1v) is 13.9. The molecule has 1 aliphatic rings. The molecule has 0 fully saturated rings. The molecule has 0 radical (unpaired) electrons. The van der Waals surface area contributed by atoms with E-state index in [1.165, 1.54) is 28.2 Å². The fourth-order valence-electron chi connectivity index (χ4n) is 3.57. The third-order valence-electron chi connectivity index (χ3n) is 5.20. The van der Waals surface area contributed by atoms with Crippen molar-refractivity contribution in [1.82, 2.24) is 0 Å². The van der Waals surface area contributed by atoms with E-state index in [0.29, 0.717) is 33.3 Å². The largest absolute Gasteiger partial charge is 0.456 e. The van der Waals surface area contributed by atoms with Crippen LogP contribution in [-0.4, -0.2) is 38.2 Å². The maximum Gasteiger partial charge on any atom is 0.338 e. The molecule has 10 heteroatoms. The summed E-state index contributed by atoms with van der Waals surface area (Å²) in [5, 5.41) is 3.12. The van der Waals surface area contributed by atoms with Crippen molar-refractivity contribution in [3.8, 4) is 0 Å². The molecule has 1 heterocycles. The summed E-state index contributed by atoms with van der Waals surface area (Å²) in [6.45, 7) is 5.64. The van der Waals surface area contributed by atoms with Crippen LogP contribution in [0.2, 0.25) is 5.02 Å². The number of nitrogens with one attached hydrogen (secondary N) is 1. The predicted octanol–water partition coefficient (Wildman–Crippen LogP) is 5.85. The Morgan fingerprint density at radius 3 is 2.36 bits per heavy atom. The van der Waals surface area contributed by atoms with Crippen LogP contribution in [0.15, 0.2) is 76.5 Å². The highest BCUT2D eigenvalue weighted by Crippen LogP contribution is 2.38. The van der Waals surface area contributed by atoms with E-state index in [4.69, 9.17) is 16.3 Å².